The molecule has 2 saturated heterocycles. The second kappa shape index (κ2) is 9.97. The van der Waals surface area contributed by atoms with Crippen molar-refractivity contribution in [3.63, 3.8) is 0 Å². The van der Waals surface area contributed by atoms with Gasteiger partial charge in [-0.25, -0.2) is 9.59 Å². The van der Waals surface area contributed by atoms with Crippen LogP contribution in [0.2, 0.25) is 0 Å². The molecule has 0 radical (unpaired) electrons. The van der Waals surface area contributed by atoms with Gasteiger partial charge in [-0.1, -0.05) is 12.1 Å². The van der Waals surface area contributed by atoms with Gasteiger partial charge in [0.1, 0.15) is 0 Å². The van der Waals surface area contributed by atoms with Crippen molar-refractivity contribution in [3.05, 3.63) is 59.7 Å². The van der Waals surface area contributed by atoms with E-state index in [0.717, 1.165) is 16.2 Å². The van der Waals surface area contributed by atoms with E-state index in [4.69, 9.17) is 4.74 Å². The molecule has 0 aromatic heterocycles. The highest BCUT2D eigenvalue weighted by Gasteiger charge is 2.43. The van der Waals surface area contributed by atoms with Gasteiger partial charge in [0, 0.05) is 37.6 Å². The lowest BCUT2D eigenvalue weighted by Gasteiger charge is -2.32. The van der Waals surface area contributed by atoms with Crippen LogP contribution >= 0.6 is 0 Å². The van der Waals surface area contributed by atoms with Crippen LogP contribution in [0.15, 0.2) is 48.5 Å². The molecular weight excluding hydrogens is 463 g/mol. The maximum atomic E-state index is 13.0. The summed E-state index contributed by atoms with van der Waals surface area (Å²) in [6.07, 6.45) is -3.92. The molecule has 0 saturated carbocycles. The number of piperidine rings is 1. The van der Waals surface area contributed by atoms with Crippen LogP contribution in [0.4, 0.5) is 29.3 Å². The van der Waals surface area contributed by atoms with Crippen LogP contribution in [0, 0.1) is 0 Å². The van der Waals surface area contributed by atoms with Crippen LogP contribution in [-0.2, 0) is 9.53 Å². The Labute approximate surface area is 201 Å². The Bertz CT molecular complexity index is 1080. The third-order valence-electron chi connectivity index (χ3n) is 6.40. The summed E-state index contributed by atoms with van der Waals surface area (Å²) in [6.45, 7) is 3.15. The van der Waals surface area contributed by atoms with E-state index in [0.29, 0.717) is 37.2 Å². The van der Waals surface area contributed by atoms with Gasteiger partial charge in [0.15, 0.2) is 0 Å². The Hall–Kier alpha value is -3.56. The number of hydrogen-bond acceptors (Lipinski definition) is 4. The molecule has 3 amide bonds. The van der Waals surface area contributed by atoms with Crippen LogP contribution < -0.4 is 9.80 Å². The van der Waals surface area contributed by atoms with Crippen LogP contribution in [0.5, 0.6) is 0 Å². The Balaban J connectivity index is 1.37. The fourth-order valence-electron chi connectivity index (χ4n) is 4.53. The van der Waals surface area contributed by atoms with E-state index >= 15 is 0 Å². The predicted octanol–water partition coefficient (Wildman–Crippen LogP) is 4.58. The number of ether oxygens (including phenoxy) is 1. The minimum atomic E-state index is -4.84. The molecule has 0 atom stereocenters. The maximum Gasteiger partial charge on any atom is 0.471 e. The standard InChI is InChI=1S/C25H26F3N3O4/c1-2-35-22(32)19-5-9-21(10-6-19)31-16-15-30(24(31)34)20-7-3-17(4-8-20)18-11-13-29(14-12-18)23(33)25(26,27)28/h3-10,18H,2,11-16H2,1H3. The number of benzene rings is 2. The molecule has 0 unspecified atom stereocenters. The summed E-state index contributed by atoms with van der Waals surface area (Å²) in [5, 5.41) is 0. The van der Waals surface area contributed by atoms with Crippen molar-refractivity contribution in [2.45, 2.75) is 31.9 Å². The van der Waals surface area contributed by atoms with Crippen LogP contribution in [0.25, 0.3) is 0 Å². The van der Waals surface area contributed by atoms with E-state index in [1.807, 2.05) is 24.3 Å². The normalized spacial score (nSPS) is 17.1. The Morgan fingerprint density at radius 1 is 0.886 bits per heavy atom. The van der Waals surface area contributed by atoms with Gasteiger partial charge in [0.2, 0.25) is 0 Å². The van der Waals surface area contributed by atoms with Crippen molar-refractivity contribution < 1.29 is 32.3 Å². The molecule has 2 aliphatic rings. The largest absolute Gasteiger partial charge is 0.471 e. The number of hydrogen-bond donors (Lipinski definition) is 0. The molecule has 0 spiro atoms. The van der Waals surface area contributed by atoms with E-state index in [2.05, 4.69) is 0 Å². The lowest BCUT2D eigenvalue weighted by molar-refractivity contribution is -0.186. The quantitative estimate of drug-likeness (QED) is 0.577. The first-order chi connectivity index (χ1) is 16.7. The first-order valence-corrected chi connectivity index (χ1v) is 11.5. The number of likely N-dealkylation sites (tertiary alicyclic amines) is 1. The molecule has 35 heavy (non-hydrogen) atoms. The van der Waals surface area contributed by atoms with Gasteiger partial charge < -0.3 is 9.64 Å². The summed E-state index contributed by atoms with van der Waals surface area (Å²) in [4.78, 5) is 40.4. The summed E-state index contributed by atoms with van der Waals surface area (Å²) < 4.78 is 42.9. The molecule has 2 fully saturated rings. The molecule has 2 aromatic rings. The van der Waals surface area contributed by atoms with Crippen molar-refractivity contribution in [2.75, 3.05) is 42.6 Å². The van der Waals surface area contributed by atoms with Gasteiger partial charge in [-0.3, -0.25) is 14.6 Å². The average Bonchev–Trinajstić information content (AvgIpc) is 3.24. The molecule has 186 valence electrons. The number of esters is 1. The zero-order valence-electron chi connectivity index (χ0n) is 19.3. The summed E-state index contributed by atoms with van der Waals surface area (Å²) in [6, 6.07) is 14.0. The zero-order valence-corrected chi connectivity index (χ0v) is 19.3. The number of carbonyl (C=O) groups is 3. The molecule has 4 rings (SSSR count). The zero-order chi connectivity index (χ0) is 25.2. The molecule has 0 aliphatic carbocycles. The first-order valence-electron chi connectivity index (χ1n) is 11.5. The molecule has 10 heteroatoms. The van der Waals surface area contributed by atoms with Gasteiger partial charge >= 0.3 is 24.1 Å². The van der Waals surface area contributed by atoms with Crippen LogP contribution in [-0.4, -0.2) is 61.8 Å². The van der Waals surface area contributed by atoms with E-state index in [-0.39, 0.29) is 31.6 Å². The molecule has 2 aliphatic heterocycles. The lowest BCUT2D eigenvalue weighted by atomic mass is 9.89. The van der Waals surface area contributed by atoms with Crippen molar-refractivity contribution in [1.29, 1.82) is 0 Å². The number of amides is 3. The Kier molecular flexibility index (Phi) is 7.00. The second-order valence-electron chi connectivity index (χ2n) is 8.51. The summed E-state index contributed by atoms with van der Waals surface area (Å²) in [5.74, 6) is -2.13. The Morgan fingerprint density at radius 2 is 1.40 bits per heavy atom. The highest BCUT2D eigenvalue weighted by atomic mass is 19.4. The van der Waals surface area contributed by atoms with Gasteiger partial charge in [0.05, 0.1) is 12.2 Å². The smallest absolute Gasteiger partial charge is 0.462 e. The minimum absolute atomic E-state index is 0.0602. The fourth-order valence-corrected chi connectivity index (χ4v) is 4.53. The molecule has 2 aromatic carbocycles. The monoisotopic (exact) mass is 489 g/mol. The maximum absolute atomic E-state index is 13.0. The third kappa shape index (κ3) is 5.26. The summed E-state index contributed by atoms with van der Waals surface area (Å²) >= 11 is 0. The van der Waals surface area contributed by atoms with Gasteiger partial charge in [-0.05, 0) is 67.6 Å². The fraction of sp³-hybridized carbons (Fsp3) is 0.400. The van der Waals surface area contributed by atoms with Crippen molar-refractivity contribution in [1.82, 2.24) is 4.90 Å². The summed E-state index contributed by atoms with van der Waals surface area (Å²) in [7, 11) is 0. The molecule has 0 N–H and O–H groups in total. The number of halogens is 3. The molecule has 2 heterocycles. The number of urea groups is 1. The van der Waals surface area contributed by atoms with E-state index in [9.17, 15) is 27.6 Å². The Morgan fingerprint density at radius 3 is 1.89 bits per heavy atom. The summed E-state index contributed by atoms with van der Waals surface area (Å²) in [5.41, 5.74) is 2.81. The van der Waals surface area contributed by atoms with Crippen LogP contribution in [0.3, 0.4) is 0 Å². The van der Waals surface area contributed by atoms with E-state index in [1.54, 1.807) is 41.0 Å². The highest BCUT2D eigenvalue weighted by Crippen LogP contribution is 2.32. The molecule has 0 bridgehead atoms. The predicted molar refractivity (Wildman–Crippen MR) is 124 cm³/mol. The number of anilines is 2. The topological polar surface area (TPSA) is 70.2 Å². The molecule has 7 nitrogen and oxygen atoms in total. The van der Waals surface area contributed by atoms with E-state index in [1.165, 1.54) is 0 Å². The number of nitrogens with zero attached hydrogens (tertiary/aromatic N) is 3. The SMILES string of the molecule is CCOC(=O)c1ccc(N2CCN(c3ccc(C4CCN(C(=O)C(F)(F)F)CC4)cc3)C2=O)cc1. The number of alkyl halides is 3. The van der Waals surface area contributed by atoms with Gasteiger partial charge in [-0.2, -0.15) is 13.2 Å². The van der Waals surface area contributed by atoms with Crippen molar-refractivity contribution >= 4 is 29.3 Å². The van der Waals surface area contributed by atoms with Gasteiger partial charge in [-0.15, -0.1) is 0 Å². The lowest BCUT2D eigenvalue weighted by Crippen LogP contribution is -2.45. The van der Waals surface area contributed by atoms with Gasteiger partial charge in [0.25, 0.3) is 0 Å². The highest BCUT2D eigenvalue weighted by molar-refractivity contribution is 6.06. The van der Waals surface area contributed by atoms with Crippen molar-refractivity contribution in [2.24, 2.45) is 0 Å². The second-order valence-corrected chi connectivity index (χ2v) is 8.51. The number of rotatable bonds is 5. The van der Waals surface area contributed by atoms with E-state index < -0.39 is 18.1 Å². The third-order valence-corrected chi connectivity index (χ3v) is 6.40. The number of carbonyl (C=O) groups excluding carboxylic acids is 3. The average molecular weight is 489 g/mol. The van der Waals surface area contributed by atoms with Crippen LogP contribution in [0.1, 0.15) is 41.6 Å². The molecular formula is C25H26F3N3O4. The van der Waals surface area contributed by atoms with Crippen molar-refractivity contribution in [3.8, 4) is 0 Å². The minimum Gasteiger partial charge on any atom is -0.462 e. The first kappa shape index (κ1) is 24.6.